The van der Waals surface area contributed by atoms with Crippen LogP contribution in [-0.4, -0.2) is 31.4 Å². The Labute approximate surface area is 154 Å². The van der Waals surface area contributed by atoms with E-state index in [0.29, 0.717) is 35.8 Å². The van der Waals surface area contributed by atoms with Crippen LogP contribution in [0, 0.1) is 19.8 Å². The van der Waals surface area contributed by atoms with Crippen molar-refractivity contribution in [1.29, 1.82) is 0 Å². The second-order valence-electron chi connectivity index (χ2n) is 6.97. The molecule has 4 nitrogen and oxygen atoms in total. The van der Waals surface area contributed by atoms with Gasteiger partial charge in [0.05, 0.1) is 12.2 Å². The summed E-state index contributed by atoms with van der Waals surface area (Å²) in [5, 5.41) is 2.96. The number of carbonyl (C=O) groups excluding carboxylic acids is 2. The highest BCUT2D eigenvalue weighted by Gasteiger charge is 2.20. The molecule has 4 heteroatoms. The largest absolute Gasteiger partial charge is 0.381 e. The molecule has 26 heavy (non-hydrogen) atoms. The number of hydrogen-bond donors (Lipinski definition) is 1. The number of amides is 1. The number of carbonyl (C=O) groups is 2. The van der Waals surface area contributed by atoms with Gasteiger partial charge in [-0.25, -0.2) is 0 Å². The highest BCUT2D eigenvalue weighted by Crippen LogP contribution is 2.18. The van der Waals surface area contributed by atoms with Gasteiger partial charge in [-0.1, -0.05) is 30.3 Å². The molecule has 0 aromatic heterocycles. The number of ether oxygens (including phenoxy) is 1. The summed E-state index contributed by atoms with van der Waals surface area (Å²) >= 11 is 0. The maximum absolute atomic E-state index is 12.9. The highest BCUT2D eigenvalue weighted by molar-refractivity contribution is 6.15. The van der Waals surface area contributed by atoms with Crippen molar-refractivity contribution in [3.8, 4) is 0 Å². The molecule has 1 aliphatic heterocycles. The normalized spacial score (nSPS) is 16.9. The first-order valence-electron chi connectivity index (χ1n) is 9.13. The Hall–Kier alpha value is -2.46. The van der Waals surface area contributed by atoms with Crippen LogP contribution < -0.4 is 5.32 Å². The van der Waals surface area contributed by atoms with Gasteiger partial charge in [0.15, 0.2) is 5.78 Å². The Kier molecular flexibility index (Phi) is 5.84. The van der Waals surface area contributed by atoms with Crippen molar-refractivity contribution >= 4 is 11.7 Å². The SMILES string of the molecule is Cc1ccc(C(=O)c2ccccc2C(=O)NCC2CCCOC2)cc1C. The van der Waals surface area contributed by atoms with Crippen LogP contribution in [0.2, 0.25) is 0 Å². The smallest absolute Gasteiger partial charge is 0.252 e. The minimum Gasteiger partial charge on any atom is -0.381 e. The van der Waals surface area contributed by atoms with E-state index < -0.39 is 0 Å². The van der Waals surface area contributed by atoms with E-state index in [-0.39, 0.29) is 11.7 Å². The van der Waals surface area contributed by atoms with Crippen LogP contribution in [0.5, 0.6) is 0 Å². The lowest BCUT2D eigenvalue weighted by molar-refractivity contribution is 0.0536. The predicted molar refractivity (Wildman–Crippen MR) is 102 cm³/mol. The van der Waals surface area contributed by atoms with Crippen molar-refractivity contribution in [2.45, 2.75) is 26.7 Å². The van der Waals surface area contributed by atoms with Crippen molar-refractivity contribution in [2.75, 3.05) is 19.8 Å². The molecule has 1 fully saturated rings. The first-order chi connectivity index (χ1) is 12.6. The summed E-state index contributed by atoms with van der Waals surface area (Å²) in [5.74, 6) is 0.0125. The van der Waals surface area contributed by atoms with E-state index in [2.05, 4.69) is 5.32 Å². The van der Waals surface area contributed by atoms with Crippen LogP contribution in [-0.2, 0) is 4.74 Å². The van der Waals surface area contributed by atoms with Crippen LogP contribution >= 0.6 is 0 Å². The van der Waals surface area contributed by atoms with Crippen molar-refractivity contribution in [2.24, 2.45) is 5.92 Å². The lowest BCUT2D eigenvalue weighted by atomic mass is 9.95. The molecule has 0 aliphatic carbocycles. The van der Waals surface area contributed by atoms with Gasteiger partial charge in [0.2, 0.25) is 0 Å². The summed E-state index contributed by atoms with van der Waals surface area (Å²) < 4.78 is 5.46. The molecule has 0 radical (unpaired) electrons. The molecule has 1 saturated heterocycles. The standard InChI is InChI=1S/C22H25NO3/c1-15-9-10-18(12-16(15)2)21(24)19-7-3-4-8-20(19)22(25)23-13-17-6-5-11-26-14-17/h3-4,7-10,12,17H,5-6,11,13-14H2,1-2H3,(H,23,25). The Bertz CT molecular complexity index is 807. The molecule has 0 bridgehead atoms. The molecule has 1 amide bonds. The summed E-state index contributed by atoms with van der Waals surface area (Å²) in [5.41, 5.74) is 3.67. The van der Waals surface area contributed by atoms with E-state index in [1.54, 1.807) is 24.3 Å². The van der Waals surface area contributed by atoms with Crippen molar-refractivity contribution in [3.63, 3.8) is 0 Å². The fraction of sp³-hybridized carbons (Fsp3) is 0.364. The predicted octanol–water partition coefficient (Wildman–Crippen LogP) is 3.69. The van der Waals surface area contributed by atoms with Crippen molar-refractivity contribution in [1.82, 2.24) is 5.32 Å². The van der Waals surface area contributed by atoms with Crippen LogP contribution in [0.1, 0.15) is 50.2 Å². The molecule has 3 rings (SSSR count). The van der Waals surface area contributed by atoms with Gasteiger partial charge in [0.1, 0.15) is 0 Å². The van der Waals surface area contributed by atoms with Gasteiger partial charge in [-0.15, -0.1) is 0 Å². The summed E-state index contributed by atoms with van der Waals surface area (Å²) in [4.78, 5) is 25.6. The van der Waals surface area contributed by atoms with E-state index in [9.17, 15) is 9.59 Å². The molecule has 0 saturated carbocycles. The zero-order valence-corrected chi connectivity index (χ0v) is 15.4. The molecular formula is C22H25NO3. The van der Waals surface area contributed by atoms with Gasteiger partial charge >= 0.3 is 0 Å². The number of nitrogens with one attached hydrogen (secondary N) is 1. The topological polar surface area (TPSA) is 55.4 Å². The zero-order chi connectivity index (χ0) is 18.5. The van der Waals surface area contributed by atoms with E-state index in [1.165, 1.54) is 0 Å². The molecule has 2 aromatic rings. The third-order valence-corrected chi connectivity index (χ3v) is 4.99. The van der Waals surface area contributed by atoms with Gasteiger partial charge in [-0.05, 0) is 55.9 Å². The monoisotopic (exact) mass is 351 g/mol. The zero-order valence-electron chi connectivity index (χ0n) is 15.4. The molecule has 1 aliphatic rings. The first-order valence-corrected chi connectivity index (χ1v) is 9.13. The summed E-state index contributed by atoms with van der Waals surface area (Å²) in [6.07, 6.45) is 2.09. The van der Waals surface area contributed by atoms with Gasteiger partial charge in [-0.3, -0.25) is 9.59 Å². The van der Waals surface area contributed by atoms with Crippen LogP contribution in [0.15, 0.2) is 42.5 Å². The molecule has 1 N–H and O–H groups in total. The van der Waals surface area contributed by atoms with Gasteiger partial charge in [-0.2, -0.15) is 0 Å². The van der Waals surface area contributed by atoms with Crippen molar-refractivity contribution in [3.05, 3.63) is 70.3 Å². The molecule has 136 valence electrons. The molecule has 1 unspecified atom stereocenters. The third-order valence-electron chi connectivity index (χ3n) is 4.99. The molecular weight excluding hydrogens is 326 g/mol. The van der Waals surface area contributed by atoms with E-state index in [4.69, 9.17) is 4.74 Å². The lowest BCUT2D eigenvalue weighted by Gasteiger charge is -2.22. The Morgan fingerprint density at radius 1 is 1.08 bits per heavy atom. The quantitative estimate of drug-likeness (QED) is 0.836. The fourth-order valence-corrected chi connectivity index (χ4v) is 3.22. The molecule has 1 atom stereocenters. The Morgan fingerprint density at radius 2 is 1.85 bits per heavy atom. The van der Waals surface area contributed by atoms with E-state index >= 15 is 0 Å². The summed E-state index contributed by atoms with van der Waals surface area (Å²) in [6, 6.07) is 12.6. The van der Waals surface area contributed by atoms with E-state index in [0.717, 1.165) is 30.6 Å². The minimum absolute atomic E-state index is 0.125. The van der Waals surface area contributed by atoms with Gasteiger partial charge in [0.25, 0.3) is 5.91 Å². The molecule has 2 aromatic carbocycles. The number of rotatable bonds is 5. The lowest BCUT2D eigenvalue weighted by Crippen LogP contribution is -2.34. The van der Waals surface area contributed by atoms with Crippen molar-refractivity contribution < 1.29 is 14.3 Å². The number of hydrogen-bond acceptors (Lipinski definition) is 3. The average Bonchev–Trinajstić information content (AvgIpc) is 2.68. The van der Waals surface area contributed by atoms with Crippen LogP contribution in [0.4, 0.5) is 0 Å². The van der Waals surface area contributed by atoms with E-state index in [1.807, 2.05) is 32.0 Å². The summed E-state index contributed by atoms with van der Waals surface area (Å²) in [7, 11) is 0. The van der Waals surface area contributed by atoms with Gasteiger partial charge < -0.3 is 10.1 Å². The third kappa shape index (κ3) is 4.20. The van der Waals surface area contributed by atoms with Crippen LogP contribution in [0.3, 0.4) is 0 Å². The minimum atomic E-state index is -0.205. The fourth-order valence-electron chi connectivity index (χ4n) is 3.22. The average molecular weight is 351 g/mol. The Morgan fingerprint density at radius 3 is 2.54 bits per heavy atom. The second kappa shape index (κ2) is 8.28. The summed E-state index contributed by atoms with van der Waals surface area (Å²) in [6.45, 7) is 6.06. The van der Waals surface area contributed by atoms with Gasteiger partial charge in [0, 0.05) is 24.3 Å². The number of benzene rings is 2. The first kappa shape index (κ1) is 18.3. The number of ketones is 1. The number of aryl methyl sites for hydroxylation is 2. The second-order valence-corrected chi connectivity index (χ2v) is 6.97. The van der Waals surface area contributed by atoms with Crippen LogP contribution in [0.25, 0.3) is 0 Å². The molecule has 1 heterocycles. The molecule has 0 spiro atoms. The maximum atomic E-state index is 12.9. The Balaban J connectivity index is 1.77. The highest BCUT2D eigenvalue weighted by atomic mass is 16.5. The maximum Gasteiger partial charge on any atom is 0.252 e.